The van der Waals surface area contributed by atoms with Crippen molar-refractivity contribution in [2.75, 3.05) is 25.2 Å². The van der Waals surface area contributed by atoms with Crippen LogP contribution in [-0.4, -0.2) is 31.3 Å². The number of halogens is 1. The topological polar surface area (TPSA) is 38.5 Å². The van der Waals surface area contributed by atoms with Crippen LogP contribution < -0.4 is 10.6 Å². The maximum absolute atomic E-state index is 14.3. The second-order valence-electron chi connectivity index (χ2n) is 5.29. The minimum absolute atomic E-state index is 0.217. The number of hydrogen-bond acceptors (Lipinski definition) is 3. The fraction of sp³-hybridized carbons (Fsp3) is 0.533. The summed E-state index contributed by atoms with van der Waals surface area (Å²) in [6.45, 7) is 3.40. The third-order valence-electron chi connectivity index (χ3n) is 3.87. The molecule has 1 aromatic carbocycles. The average Bonchev–Trinajstić information content (AvgIpc) is 3.24. The SMILES string of the molecule is COCCN(c1ccc(C(N)=S)cc1F)C(C)C1CC1. The molecule has 0 amide bonds. The van der Waals surface area contributed by atoms with Crippen molar-refractivity contribution < 1.29 is 9.13 Å². The van der Waals surface area contributed by atoms with Crippen molar-refractivity contribution in [1.29, 1.82) is 0 Å². The van der Waals surface area contributed by atoms with Crippen molar-refractivity contribution >= 4 is 22.9 Å². The van der Waals surface area contributed by atoms with E-state index in [0.29, 0.717) is 36.4 Å². The molecule has 0 spiro atoms. The first-order valence-electron chi connectivity index (χ1n) is 6.89. The summed E-state index contributed by atoms with van der Waals surface area (Å²) in [5, 5.41) is 0. The summed E-state index contributed by atoms with van der Waals surface area (Å²) in [6.07, 6.45) is 2.44. The second kappa shape index (κ2) is 6.50. The molecule has 0 heterocycles. The summed E-state index contributed by atoms with van der Waals surface area (Å²) in [7, 11) is 1.66. The third kappa shape index (κ3) is 3.46. The van der Waals surface area contributed by atoms with Gasteiger partial charge in [-0.05, 0) is 43.9 Å². The van der Waals surface area contributed by atoms with Crippen LogP contribution in [0.1, 0.15) is 25.3 Å². The minimum atomic E-state index is -0.279. The number of hydrogen-bond donors (Lipinski definition) is 1. The molecule has 0 bridgehead atoms. The number of thiocarbonyl (C=S) groups is 1. The summed E-state index contributed by atoms with van der Waals surface area (Å²) in [4.78, 5) is 2.30. The van der Waals surface area contributed by atoms with Gasteiger partial charge in [0.25, 0.3) is 0 Å². The maximum Gasteiger partial charge on any atom is 0.147 e. The van der Waals surface area contributed by atoms with Crippen molar-refractivity contribution in [1.82, 2.24) is 0 Å². The van der Waals surface area contributed by atoms with Gasteiger partial charge in [-0.3, -0.25) is 0 Å². The maximum atomic E-state index is 14.3. The molecule has 1 aliphatic rings. The van der Waals surface area contributed by atoms with Crippen LogP contribution >= 0.6 is 12.2 Å². The van der Waals surface area contributed by atoms with Gasteiger partial charge < -0.3 is 15.4 Å². The molecule has 1 atom stereocenters. The fourth-order valence-electron chi connectivity index (χ4n) is 2.46. The van der Waals surface area contributed by atoms with Gasteiger partial charge in [0.05, 0.1) is 12.3 Å². The third-order valence-corrected chi connectivity index (χ3v) is 4.11. The smallest absolute Gasteiger partial charge is 0.147 e. The molecule has 110 valence electrons. The molecule has 3 nitrogen and oxygen atoms in total. The van der Waals surface area contributed by atoms with Crippen LogP contribution in [0.2, 0.25) is 0 Å². The molecule has 1 saturated carbocycles. The van der Waals surface area contributed by atoms with Gasteiger partial charge in [0.1, 0.15) is 10.8 Å². The van der Waals surface area contributed by atoms with Gasteiger partial charge >= 0.3 is 0 Å². The van der Waals surface area contributed by atoms with Crippen molar-refractivity contribution in [2.45, 2.75) is 25.8 Å². The van der Waals surface area contributed by atoms with Crippen LogP contribution in [0.15, 0.2) is 18.2 Å². The molecule has 1 fully saturated rings. The summed E-state index contributed by atoms with van der Waals surface area (Å²) >= 11 is 4.88. The second-order valence-corrected chi connectivity index (χ2v) is 5.73. The minimum Gasteiger partial charge on any atom is -0.389 e. The predicted molar refractivity (Wildman–Crippen MR) is 83.7 cm³/mol. The van der Waals surface area contributed by atoms with E-state index in [1.54, 1.807) is 19.2 Å². The molecule has 5 heteroatoms. The van der Waals surface area contributed by atoms with Crippen molar-refractivity contribution in [3.8, 4) is 0 Å². The number of nitrogens with zero attached hydrogens (tertiary/aromatic N) is 1. The quantitative estimate of drug-likeness (QED) is 0.785. The number of benzene rings is 1. The number of nitrogens with two attached hydrogens (primary N) is 1. The number of methoxy groups -OCH3 is 1. The zero-order valence-corrected chi connectivity index (χ0v) is 12.8. The van der Waals surface area contributed by atoms with Crippen molar-refractivity contribution in [2.24, 2.45) is 11.7 Å². The Morgan fingerprint density at radius 1 is 1.55 bits per heavy atom. The number of ether oxygens (including phenoxy) is 1. The lowest BCUT2D eigenvalue weighted by Gasteiger charge is -2.31. The molecule has 0 aromatic heterocycles. The Bertz CT molecular complexity index is 491. The van der Waals surface area contributed by atoms with Crippen LogP contribution in [0.5, 0.6) is 0 Å². The van der Waals surface area contributed by atoms with Crippen molar-refractivity contribution in [3.63, 3.8) is 0 Å². The molecular weight excluding hydrogens is 275 g/mol. The average molecular weight is 296 g/mol. The van der Waals surface area contributed by atoms with Gasteiger partial charge in [-0.25, -0.2) is 4.39 Å². The van der Waals surface area contributed by atoms with Crippen LogP contribution in [0.4, 0.5) is 10.1 Å². The van der Waals surface area contributed by atoms with Gasteiger partial charge in [-0.15, -0.1) is 0 Å². The fourth-order valence-corrected chi connectivity index (χ4v) is 2.59. The Labute approximate surface area is 124 Å². The standard InChI is InChI=1S/C15H21FN2OS/c1-10(11-3-4-11)18(7-8-19-2)14-6-5-12(15(17)20)9-13(14)16/h5-6,9-11H,3-4,7-8H2,1-2H3,(H2,17,20). The first-order chi connectivity index (χ1) is 9.54. The van der Waals surface area contributed by atoms with Gasteiger partial charge in [0, 0.05) is 25.3 Å². The molecule has 2 rings (SSSR count). The van der Waals surface area contributed by atoms with E-state index in [0.717, 1.165) is 0 Å². The molecule has 0 radical (unpaired) electrons. The Morgan fingerprint density at radius 3 is 2.75 bits per heavy atom. The monoisotopic (exact) mass is 296 g/mol. The van der Waals surface area contributed by atoms with Gasteiger partial charge in [0.2, 0.25) is 0 Å². The van der Waals surface area contributed by atoms with Crippen LogP contribution in [0.3, 0.4) is 0 Å². The summed E-state index contributed by atoms with van der Waals surface area (Å²) in [5.74, 6) is 0.375. The molecule has 0 aliphatic heterocycles. The molecule has 1 aliphatic carbocycles. The molecule has 2 N–H and O–H groups in total. The summed E-state index contributed by atoms with van der Waals surface area (Å²) in [5.41, 5.74) is 6.70. The van der Waals surface area contributed by atoms with Crippen LogP contribution in [0.25, 0.3) is 0 Å². The summed E-state index contributed by atoms with van der Waals surface area (Å²) < 4.78 is 19.5. The Balaban J connectivity index is 2.25. The Kier molecular flexibility index (Phi) is 4.94. The van der Waals surface area contributed by atoms with Crippen molar-refractivity contribution in [3.05, 3.63) is 29.6 Å². The molecule has 1 unspecified atom stereocenters. The molecule has 0 saturated heterocycles. The molecule has 1 aromatic rings. The first-order valence-corrected chi connectivity index (χ1v) is 7.30. The van der Waals surface area contributed by atoms with E-state index in [2.05, 4.69) is 11.8 Å². The highest BCUT2D eigenvalue weighted by Gasteiger charge is 2.32. The highest BCUT2D eigenvalue weighted by molar-refractivity contribution is 7.80. The van der Waals surface area contributed by atoms with E-state index in [4.69, 9.17) is 22.7 Å². The highest BCUT2D eigenvalue weighted by Crippen LogP contribution is 2.37. The van der Waals surface area contributed by atoms with Crippen LogP contribution in [-0.2, 0) is 4.74 Å². The Morgan fingerprint density at radius 2 is 2.25 bits per heavy atom. The molecule has 20 heavy (non-hydrogen) atoms. The number of rotatable bonds is 7. The van der Waals surface area contributed by atoms with Crippen LogP contribution in [0, 0.1) is 11.7 Å². The van der Waals surface area contributed by atoms with Gasteiger partial charge in [0.15, 0.2) is 0 Å². The zero-order chi connectivity index (χ0) is 14.7. The Hall–Kier alpha value is -1.20. The first kappa shape index (κ1) is 15.2. The lowest BCUT2D eigenvalue weighted by Crippen LogP contribution is -2.38. The molecular formula is C15H21FN2OS. The lowest BCUT2D eigenvalue weighted by molar-refractivity contribution is 0.202. The van der Waals surface area contributed by atoms with E-state index in [-0.39, 0.29) is 10.8 Å². The van der Waals surface area contributed by atoms with Gasteiger partial charge in [-0.2, -0.15) is 0 Å². The van der Waals surface area contributed by atoms with E-state index >= 15 is 0 Å². The van der Waals surface area contributed by atoms with E-state index in [9.17, 15) is 4.39 Å². The highest BCUT2D eigenvalue weighted by atomic mass is 32.1. The van der Waals surface area contributed by atoms with E-state index in [1.165, 1.54) is 18.9 Å². The van der Waals surface area contributed by atoms with E-state index < -0.39 is 0 Å². The normalized spacial score (nSPS) is 15.9. The lowest BCUT2D eigenvalue weighted by atomic mass is 10.1. The zero-order valence-electron chi connectivity index (χ0n) is 11.9. The van der Waals surface area contributed by atoms with Gasteiger partial charge in [-0.1, -0.05) is 12.2 Å². The predicted octanol–water partition coefficient (Wildman–Crippen LogP) is 2.71. The van der Waals surface area contributed by atoms with E-state index in [1.807, 2.05) is 0 Å². The number of anilines is 1. The largest absolute Gasteiger partial charge is 0.389 e. The summed E-state index contributed by atoms with van der Waals surface area (Å²) in [6, 6.07) is 5.27.